The summed E-state index contributed by atoms with van der Waals surface area (Å²) in [4.78, 5) is 7.69. The lowest BCUT2D eigenvalue weighted by atomic mass is 10.4. The van der Waals surface area contributed by atoms with Crippen LogP contribution in [-0.4, -0.2) is 18.4 Å². The van der Waals surface area contributed by atoms with Crippen molar-refractivity contribution in [2.75, 3.05) is 10.5 Å². The molecule has 0 aliphatic heterocycles. The Labute approximate surface area is 112 Å². The Morgan fingerprint density at radius 1 is 1.33 bits per heavy atom. The highest BCUT2D eigenvalue weighted by molar-refractivity contribution is 9.10. The number of nitrogen functional groups attached to an aromatic ring is 1. The molecule has 0 saturated carbocycles. The molecule has 0 aliphatic rings. The zero-order valence-corrected chi connectivity index (χ0v) is 11.4. The highest BCUT2D eigenvalue weighted by Gasteiger charge is 2.16. The smallest absolute Gasteiger partial charge is 0.264 e. The zero-order valence-electron chi connectivity index (χ0n) is 9.04. The molecule has 0 amide bonds. The van der Waals surface area contributed by atoms with Gasteiger partial charge in [-0.2, -0.15) is 0 Å². The number of nitrogens with two attached hydrogens (primary N) is 1. The SMILES string of the molecule is Nc1cccnc1NS(=O)(=O)c1cncc(Br)c1. The second-order valence-electron chi connectivity index (χ2n) is 3.39. The van der Waals surface area contributed by atoms with Gasteiger partial charge in [0.2, 0.25) is 0 Å². The van der Waals surface area contributed by atoms with E-state index in [1.807, 2.05) is 0 Å². The number of hydrogen-bond acceptors (Lipinski definition) is 5. The molecule has 0 aliphatic carbocycles. The fraction of sp³-hybridized carbons (Fsp3) is 0. The van der Waals surface area contributed by atoms with Crippen LogP contribution < -0.4 is 10.5 Å². The van der Waals surface area contributed by atoms with Gasteiger partial charge in [-0.05, 0) is 34.1 Å². The van der Waals surface area contributed by atoms with Crippen LogP contribution in [0, 0.1) is 0 Å². The van der Waals surface area contributed by atoms with E-state index in [1.54, 1.807) is 12.1 Å². The van der Waals surface area contributed by atoms with E-state index < -0.39 is 10.0 Å². The van der Waals surface area contributed by atoms with Gasteiger partial charge in [-0.1, -0.05) is 0 Å². The lowest BCUT2D eigenvalue weighted by Gasteiger charge is -2.08. The molecular formula is C10H9BrN4O2S. The largest absolute Gasteiger partial charge is 0.396 e. The van der Waals surface area contributed by atoms with Gasteiger partial charge in [0.1, 0.15) is 4.90 Å². The molecule has 2 heterocycles. The normalized spacial score (nSPS) is 11.2. The highest BCUT2D eigenvalue weighted by atomic mass is 79.9. The number of nitrogens with zero attached hydrogens (tertiary/aromatic N) is 2. The van der Waals surface area contributed by atoms with Crippen LogP contribution in [0.25, 0.3) is 0 Å². The summed E-state index contributed by atoms with van der Waals surface area (Å²) in [5.74, 6) is 0.0949. The van der Waals surface area contributed by atoms with Crippen molar-refractivity contribution in [2.24, 2.45) is 0 Å². The van der Waals surface area contributed by atoms with Crippen molar-refractivity contribution >= 4 is 37.5 Å². The summed E-state index contributed by atoms with van der Waals surface area (Å²) in [6.07, 6.45) is 4.19. The van der Waals surface area contributed by atoms with Crippen LogP contribution in [0.15, 0.2) is 46.2 Å². The van der Waals surface area contributed by atoms with E-state index in [4.69, 9.17) is 5.73 Å². The van der Waals surface area contributed by atoms with E-state index in [0.29, 0.717) is 4.47 Å². The lowest BCUT2D eigenvalue weighted by Crippen LogP contribution is -2.15. The fourth-order valence-electron chi connectivity index (χ4n) is 1.23. The molecule has 0 spiro atoms. The summed E-state index contributed by atoms with van der Waals surface area (Å²) < 4.78 is 27.0. The Bertz CT molecular complexity index is 675. The second kappa shape index (κ2) is 4.91. The average molecular weight is 329 g/mol. The Kier molecular flexibility index (Phi) is 3.48. The standard InChI is InChI=1S/C10H9BrN4O2S/c11-7-4-8(6-13-5-7)18(16,17)15-10-9(12)2-1-3-14-10/h1-6H,12H2,(H,14,15). The van der Waals surface area contributed by atoms with Crippen molar-refractivity contribution in [1.82, 2.24) is 9.97 Å². The first-order valence-electron chi connectivity index (χ1n) is 4.83. The van der Waals surface area contributed by atoms with Gasteiger partial charge in [-0.3, -0.25) is 9.71 Å². The number of nitrogens with one attached hydrogen (secondary N) is 1. The van der Waals surface area contributed by atoms with Crippen LogP contribution in [0.3, 0.4) is 0 Å². The van der Waals surface area contributed by atoms with Gasteiger partial charge in [0.15, 0.2) is 5.82 Å². The van der Waals surface area contributed by atoms with Crippen LogP contribution in [0.5, 0.6) is 0 Å². The third-order valence-corrected chi connectivity index (χ3v) is 3.80. The second-order valence-corrected chi connectivity index (χ2v) is 5.98. The molecule has 18 heavy (non-hydrogen) atoms. The molecule has 0 radical (unpaired) electrons. The minimum absolute atomic E-state index is 0.0296. The third kappa shape index (κ3) is 2.77. The predicted octanol–water partition coefficient (Wildman–Crippen LogP) is 1.62. The molecule has 2 aromatic heterocycles. The Hall–Kier alpha value is -1.67. The summed E-state index contributed by atoms with van der Waals surface area (Å²) in [5, 5.41) is 0. The zero-order chi connectivity index (χ0) is 13.2. The summed E-state index contributed by atoms with van der Waals surface area (Å²) >= 11 is 3.16. The van der Waals surface area contributed by atoms with Crippen molar-refractivity contribution in [2.45, 2.75) is 4.90 Å². The van der Waals surface area contributed by atoms with E-state index in [9.17, 15) is 8.42 Å². The quantitative estimate of drug-likeness (QED) is 0.892. The first-order chi connectivity index (χ1) is 8.49. The maximum Gasteiger partial charge on any atom is 0.264 e. The van der Waals surface area contributed by atoms with E-state index in [-0.39, 0.29) is 16.4 Å². The maximum absolute atomic E-state index is 12.0. The number of rotatable bonds is 3. The van der Waals surface area contributed by atoms with Crippen LogP contribution in [0.4, 0.5) is 11.5 Å². The predicted molar refractivity (Wildman–Crippen MR) is 71.4 cm³/mol. The van der Waals surface area contributed by atoms with Gasteiger partial charge >= 0.3 is 0 Å². The molecule has 0 fully saturated rings. The number of hydrogen-bond donors (Lipinski definition) is 2. The molecule has 94 valence electrons. The lowest BCUT2D eigenvalue weighted by molar-refractivity contribution is 0.600. The molecule has 2 rings (SSSR count). The van der Waals surface area contributed by atoms with Gasteiger partial charge in [-0.25, -0.2) is 13.4 Å². The molecular weight excluding hydrogens is 320 g/mol. The van der Waals surface area contributed by atoms with E-state index >= 15 is 0 Å². The average Bonchev–Trinajstić information content (AvgIpc) is 2.32. The summed E-state index contributed by atoms with van der Waals surface area (Å²) in [6.45, 7) is 0. The molecule has 8 heteroatoms. The van der Waals surface area contributed by atoms with Gasteiger partial charge in [0.25, 0.3) is 10.0 Å². The Balaban J connectivity index is 2.37. The van der Waals surface area contributed by atoms with Crippen molar-refractivity contribution in [3.05, 3.63) is 41.3 Å². The van der Waals surface area contributed by atoms with Gasteiger partial charge in [0, 0.05) is 23.1 Å². The maximum atomic E-state index is 12.0. The van der Waals surface area contributed by atoms with Gasteiger partial charge in [0.05, 0.1) is 5.69 Å². The van der Waals surface area contributed by atoms with Crippen molar-refractivity contribution in [3.8, 4) is 0 Å². The van der Waals surface area contributed by atoms with Crippen LogP contribution in [-0.2, 0) is 10.0 Å². The van der Waals surface area contributed by atoms with E-state index in [1.165, 1.54) is 24.7 Å². The number of sulfonamides is 1. The van der Waals surface area contributed by atoms with Gasteiger partial charge in [-0.15, -0.1) is 0 Å². The summed E-state index contributed by atoms with van der Waals surface area (Å²) in [6, 6.07) is 4.62. The molecule has 0 saturated heterocycles. The van der Waals surface area contributed by atoms with Crippen LogP contribution >= 0.6 is 15.9 Å². The third-order valence-electron chi connectivity index (χ3n) is 2.06. The fourth-order valence-corrected chi connectivity index (χ4v) is 2.77. The van der Waals surface area contributed by atoms with E-state index in [2.05, 4.69) is 30.6 Å². The number of aromatic nitrogens is 2. The molecule has 0 atom stereocenters. The molecule has 0 bridgehead atoms. The topological polar surface area (TPSA) is 98.0 Å². The number of anilines is 2. The summed E-state index contributed by atoms with van der Waals surface area (Å²) in [5.41, 5.74) is 5.88. The first-order valence-corrected chi connectivity index (χ1v) is 7.10. The Morgan fingerprint density at radius 3 is 2.78 bits per heavy atom. The number of pyridine rings is 2. The molecule has 0 aromatic carbocycles. The monoisotopic (exact) mass is 328 g/mol. The van der Waals surface area contributed by atoms with Gasteiger partial charge < -0.3 is 5.73 Å². The minimum atomic E-state index is -3.74. The molecule has 6 nitrogen and oxygen atoms in total. The van der Waals surface area contributed by atoms with Crippen LogP contribution in [0.2, 0.25) is 0 Å². The van der Waals surface area contributed by atoms with Crippen molar-refractivity contribution in [1.29, 1.82) is 0 Å². The van der Waals surface area contributed by atoms with Crippen molar-refractivity contribution < 1.29 is 8.42 Å². The first kappa shape index (κ1) is 12.8. The van der Waals surface area contributed by atoms with E-state index in [0.717, 1.165) is 0 Å². The molecule has 0 unspecified atom stereocenters. The minimum Gasteiger partial charge on any atom is -0.396 e. The van der Waals surface area contributed by atoms with Crippen molar-refractivity contribution in [3.63, 3.8) is 0 Å². The number of halogens is 1. The highest BCUT2D eigenvalue weighted by Crippen LogP contribution is 2.20. The Morgan fingerprint density at radius 2 is 2.11 bits per heavy atom. The van der Waals surface area contributed by atoms with Crippen LogP contribution in [0.1, 0.15) is 0 Å². The summed E-state index contributed by atoms with van der Waals surface area (Å²) in [7, 11) is -3.74. The molecule has 3 N–H and O–H groups in total. The molecule has 2 aromatic rings.